The van der Waals surface area contributed by atoms with Gasteiger partial charge in [-0.25, -0.2) is 4.98 Å². The molecular formula is C20H18F3N3O. The molecule has 0 unspecified atom stereocenters. The average Bonchev–Trinajstić information content (AvgIpc) is 3.41. The van der Waals surface area contributed by atoms with Crippen LogP contribution in [-0.2, 0) is 23.9 Å². The second kappa shape index (κ2) is 6.72. The molecule has 0 bridgehead atoms. The predicted octanol–water partition coefficient (Wildman–Crippen LogP) is 4.32. The van der Waals surface area contributed by atoms with Gasteiger partial charge in [0.25, 0.3) is 0 Å². The number of hydrogen-bond acceptors (Lipinski definition) is 2. The van der Waals surface area contributed by atoms with Gasteiger partial charge in [0, 0.05) is 30.4 Å². The molecule has 0 spiro atoms. The van der Waals surface area contributed by atoms with Gasteiger partial charge < -0.3 is 9.88 Å². The van der Waals surface area contributed by atoms with Gasteiger partial charge in [-0.1, -0.05) is 18.2 Å². The molecule has 1 aliphatic carbocycles. The second-order valence-corrected chi connectivity index (χ2v) is 6.80. The Labute approximate surface area is 154 Å². The first-order valence-electron chi connectivity index (χ1n) is 8.79. The van der Waals surface area contributed by atoms with Crippen LogP contribution in [0, 0.1) is 0 Å². The van der Waals surface area contributed by atoms with Gasteiger partial charge in [0.05, 0.1) is 12.0 Å². The fourth-order valence-corrected chi connectivity index (χ4v) is 3.35. The van der Waals surface area contributed by atoms with Gasteiger partial charge in [0.2, 0.25) is 5.91 Å². The molecule has 2 heterocycles. The van der Waals surface area contributed by atoms with Gasteiger partial charge in [-0.15, -0.1) is 0 Å². The molecule has 0 radical (unpaired) electrons. The summed E-state index contributed by atoms with van der Waals surface area (Å²) in [5.74, 6) is -0.167. The molecule has 1 saturated carbocycles. The number of hydrogen-bond donors (Lipinski definition) is 1. The molecule has 1 amide bonds. The molecule has 0 saturated heterocycles. The van der Waals surface area contributed by atoms with Crippen LogP contribution < -0.4 is 0 Å². The largest absolute Gasteiger partial charge is 0.416 e. The highest BCUT2D eigenvalue weighted by atomic mass is 19.4. The molecule has 4 nitrogen and oxygen atoms in total. The Morgan fingerprint density at radius 2 is 1.93 bits per heavy atom. The second-order valence-electron chi connectivity index (χ2n) is 6.80. The molecule has 4 rings (SSSR count). The van der Waals surface area contributed by atoms with Gasteiger partial charge in [0.1, 0.15) is 5.65 Å². The summed E-state index contributed by atoms with van der Waals surface area (Å²) in [5.41, 5.74) is 0.948. The number of benzene rings is 1. The van der Waals surface area contributed by atoms with Crippen molar-refractivity contribution in [3.05, 3.63) is 65.5 Å². The smallest absolute Gasteiger partial charge is 0.346 e. The van der Waals surface area contributed by atoms with E-state index in [1.807, 2.05) is 6.07 Å². The normalized spacial score (nSPS) is 14.5. The Balaban J connectivity index is 1.58. The zero-order valence-corrected chi connectivity index (χ0v) is 14.5. The number of rotatable bonds is 5. The summed E-state index contributed by atoms with van der Waals surface area (Å²) in [4.78, 5) is 21.7. The summed E-state index contributed by atoms with van der Waals surface area (Å²) >= 11 is 0. The summed E-state index contributed by atoms with van der Waals surface area (Å²) < 4.78 is 39.8. The van der Waals surface area contributed by atoms with E-state index < -0.39 is 11.7 Å². The zero-order valence-electron chi connectivity index (χ0n) is 14.5. The number of carbonyl (C=O) groups excluding carboxylic acids is 1. The van der Waals surface area contributed by atoms with Crippen molar-refractivity contribution in [2.45, 2.75) is 38.0 Å². The molecule has 7 heteroatoms. The van der Waals surface area contributed by atoms with Crippen molar-refractivity contribution in [2.24, 2.45) is 0 Å². The van der Waals surface area contributed by atoms with E-state index in [0.717, 1.165) is 29.9 Å². The number of fused-ring (bicyclic) bond motifs is 1. The number of halogens is 3. The van der Waals surface area contributed by atoms with Gasteiger partial charge in [0.15, 0.2) is 0 Å². The highest BCUT2D eigenvalue weighted by Crippen LogP contribution is 2.35. The number of nitrogens with one attached hydrogen (secondary N) is 1. The van der Waals surface area contributed by atoms with Gasteiger partial charge in [-0.3, -0.25) is 4.79 Å². The molecule has 0 atom stereocenters. The topological polar surface area (TPSA) is 49.0 Å². The van der Waals surface area contributed by atoms with Crippen molar-refractivity contribution < 1.29 is 18.0 Å². The first kappa shape index (κ1) is 17.6. The minimum absolute atomic E-state index is 0.0159. The third kappa shape index (κ3) is 3.67. The van der Waals surface area contributed by atoms with Gasteiger partial charge in [-0.05, 0) is 42.2 Å². The molecule has 3 aromatic rings. The summed E-state index contributed by atoms with van der Waals surface area (Å²) in [5, 5.41) is 0.859. The van der Waals surface area contributed by atoms with E-state index in [1.54, 1.807) is 29.4 Å². The average molecular weight is 373 g/mol. The fraction of sp³-hybridized carbons (Fsp3) is 0.300. The lowest BCUT2D eigenvalue weighted by Gasteiger charge is -2.24. The SMILES string of the molecule is O=C(Cc1c[nH]c2ncccc12)N(Cc1ccccc1C(F)(F)F)C1CC1. The Morgan fingerprint density at radius 1 is 1.15 bits per heavy atom. The van der Waals surface area contributed by atoms with Crippen molar-refractivity contribution in [3.63, 3.8) is 0 Å². The molecule has 1 aromatic carbocycles. The van der Waals surface area contributed by atoms with Crippen LogP contribution in [0.1, 0.15) is 29.5 Å². The van der Waals surface area contributed by atoms with Crippen LogP contribution in [0.25, 0.3) is 11.0 Å². The number of pyridine rings is 1. The maximum atomic E-state index is 13.3. The van der Waals surface area contributed by atoms with E-state index in [2.05, 4.69) is 9.97 Å². The monoisotopic (exact) mass is 373 g/mol. The van der Waals surface area contributed by atoms with Crippen LogP contribution in [-0.4, -0.2) is 26.8 Å². The first-order valence-corrected chi connectivity index (χ1v) is 8.79. The van der Waals surface area contributed by atoms with Crippen molar-refractivity contribution in [3.8, 4) is 0 Å². The summed E-state index contributed by atoms with van der Waals surface area (Å²) in [6.07, 6.45) is 0.762. The lowest BCUT2D eigenvalue weighted by atomic mass is 10.1. The Hall–Kier alpha value is -2.83. The van der Waals surface area contributed by atoms with E-state index in [0.29, 0.717) is 5.65 Å². The quantitative estimate of drug-likeness (QED) is 0.724. The number of aromatic amines is 1. The molecule has 0 aliphatic heterocycles. The van der Waals surface area contributed by atoms with Crippen molar-refractivity contribution >= 4 is 16.9 Å². The number of H-pyrrole nitrogens is 1. The van der Waals surface area contributed by atoms with Crippen LogP contribution >= 0.6 is 0 Å². The number of nitrogens with zero attached hydrogens (tertiary/aromatic N) is 2. The van der Waals surface area contributed by atoms with Crippen molar-refractivity contribution in [1.29, 1.82) is 0 Å². The van der Waals surface area contributed by atoms with Crippen molar-refractivity contribution in [2.75, 3.05) is 0 Å². The van der Waals surface area contributed by atoms with E-state index in [-0.39, 0.29) is 30.5 Å². The standard InChI is InChI=1S/C20H18F3N3O/c21-20(22,23)17-6-2-1-4-13(17)12-26(15-7-8-15)18(27)10-14-11-25-19-16(14)5-3-9-24-19/h1-6,9,11,15H,7-8,10,12H2,(H,24,25). The highest BCUT2D eigenvalue weighted by molar-refractivity contribution is 5.87. The molecular weight excluding hydrogens is 355 g/mol. The Bertz CT molecular complexity index is 976. The van der Waals surface area contributed by atoms with Gasteiger partial charge in [-0.2, -0.15) is 13.2 Å². The van der Waals surface area contributed by atoms with E-state index in [9.17, 15) is 18.0 Å². The Morgan fingerprint density at radius 3 is 2.67 bits per heavy atom. The number of alkyl halides is 3. The van der Waals surface area contributed by atoms with Gasteiger partial charge >= 0.3 is 6.18 Å². The van der Waals surface area contributed by atoms with E-state index in [1.165, 1.54) is 12.1 Å². The van der Waals surface area contributed by atoms with Crippen LogP contribution in [0.5, 0.6) is 0 Å². The van der Waals surface area contributed by atoms with Crippen LogP contribution in [0.3, 0.4) is 0 Å². The lowest BCUT2D eigenvalue weighted by Crippen LogP contribution is -2.34. The summed E-state index contributed by atoms with van der Waals surface area (Å²) in [6.45, 7) is -0.0280. The zero-order chi connectivity index (χ0) is 19.0. The summed E-state index contributed by atoms with van der Waals surface area (Å²) in [6, 6.07) is 9.14. The number of aromatic nitrogens is 2. The molecule has 2 aromatic heterocycles. The van der Waals surface area contributed by atoms with E-state index >= 15 is 0 Å². The van der Waals surface area contributed by atoms with E-state index in [4.69, 9.17) is 0 Å². The third-order valence-electron chi connectivity index (χ3n) is 4.85. The fourth-order valence-electron chi connectivity index (χ4n) is 3.35. The third-order valence-corrected chi connectivity index (χ3v) is 4.85. The molecule has 1 fully saturated rings. The molecule has 27 heavy (non-hydrogen) atoms. The lowest BCUT2D eigenvalue weighted by molar-refractivity contribution is -0.140. The molecule has 140 valence electrons. The molecule has 1 aliphatic rings. The molecule has 1 N–H and O–H groups in total. The number of carbonyl (C=O) groups is 1. The predicted molar refractivity (Wildman–Crippen MR) is 94.8 cm³/mol. The van der Waals surface area contributed by atoms with Crippen molar-refractivity contribution in [1.82, 2.24) is 14.9 Å². The van der Waals surface area contributed by atoms with Crippen LogP contribution in [0.15, 0.2) is 48.8 Å². The number of amides is 1. The Kier molecular flexibility index (Phi) is 4.37. The minimum Gasteiger partial charge on any atom is -0.346 e. The summed E-state index contributed by atoms with van der Waals surface area (Å²) in [7, 11) is 0. The highest BCUT2D eigenvalue weighted by Gasteiger charge is 2.37. The van der Waals surface area contributed by atoms with Crippen LogP contribution in [0.4, 0.5) is 13.2 Å². The minimum atomic E-state index is -4.43. The first-order chi connectivity index (χ1) is 12.9. The van der Waals surface area contributed by atoms with Crippen LogP contribution in [0.2, 0.25) is 0 Å². The maximum Gasteiger partial charge on any atom is 0.416 e. The maximum absolute atomic E-state index is 13.3.